The van der Waals surface area contributed by atoms with Gasteiger partial charge < -0.3 is 9.84 Å². The number of ether oxygens (including phenoxy) is 1. The Hall–Kier alpha value is -1.02. The van der Waals surface area contributed by atoms with E-state index in [1.165, 1.54) is 5.56 Å². The molecule has 3 atom stereocenters. The molecule has 3 unspecified atom stereocenters. The lowest BCUT2D eigenvalue weighted by atomic mass is 9.73. The van der Waals surface area contributed by atoms with E-state index < -0.39 is 0 Å². The minimum atomic E-state index is -0.388. The number of aliphatic hydroxyl groups is 1. The van der Waals surface area contributed by atoms with Gasteiger partial charge in [-0.15, -0.1) is 0 Å². The minimum Gasteiger partial charge on any atom is -0.487 e. The van der Waals surface area contributed by atoms with Crippen molar-refractivity contribution in [2.24, 2.45) is 5.41 Å². The van der Waals surface area contributed by atoms with E-state index in [0.29, 0.717) is 5.92 Å². The lowest BCUT2D eigenvalue weighted by Crippen LogP contribution is -2.46. The number of para-hydroxylation sites is 1. The van der Waals surface area contributed by atoms with Gasteiger partial charge in [0.25, 0.3) is 0 Å². The summed E-state index contributed by atoms with van der Waals surface area (Å²) < 4.78 is 6.21. The van der Waals surface area contributed by atoms with Gasteiger partial charge in [0.2, 0.25) is 0 Å². The minimum absolute atomic E-state index is 0.0474. The maximum atomic E-state index is 10.5. The molecule has 20 heavy (non-hydrogen) atoms. The fourth-order valence-corrected chi connectivity index (χ4v) is 3.07. The lowest BCUT2D eigenvalue weighted by molar-refractivity contribution is -0.0692. The maximum Gasteiger partial charge on any atom is 0.125 e. The smallest absolute Gasteiger partial charge is 0.125 e. The Morgan fingerprint density at radius 1 is 1.35 bits per heavy atom. The third-order valence-electron chi connectivity index (χ3n) is 4.80. The van der Waals surface area contributed by atoms with Crippen LogP contribution in [0.1, 0.15) is 64.9 Å². The lowest BCUT2D eigenvalue weighted by Gasteiger charge is -2.40. The second-order valence-corrected chi connectivity index (χ2v) is 6.83. The number of rotatable bonds is 4. The van der Waals surface area contributed by atoms with Crippen LogP contribution in [-0.4, -0.2) is 17.3 Å². The summed E-state index contributed by atoms with van der Waals surface area (Å²) in [6.07, 6.45) is 3.77. The molecule has 0 aromatic heterocycles. The molecule has 0 spiro atoms. The molecule has 1 aromatic carbocycles. The molecule has 0 aliphatic heterocycles. The van der Waals surface area contributed by atoms with Crippen molar-refractivity contribution in [1.82, 2.24) is 0 Å². The molecule has 0 saturated heterocycles. The second-order valence-electron chi connectivity index (χ2n) is 6.83. The predicted octanol–water partition coefficient (Wildman–Crippen LogP) is 4.52. The Balaban J connectivity index is 2.18. The summed E-state index contributed by atoms with van der Waals surface area (Å²) in [5.41, 5.74) is 1.21. The van der Waals surface area contributed by atoms with E-state index in [2.05, 4.69) is 39.8 Å². The standard InChI is InChI=1S/C18H28O2/c1-5-13(2)14-9-6-7-10-15(14)20-16-11-8-12-18(3,4)17(16)19/h6-7,9-10,13,16-17,19H,5,8,11-12H2,1-4H3. The van der Waals surface area contributed by atoms with Crippen molar-refractivity contribution in [3.63, 3.8) is 0 Å². The number of hydrogen-bond acceptors (Lipinski definition) is 2. The van der Waals surface area contributed by atoms with Crippen LogP contribution in [0, 0.1) is 5.41 Å². The summed E-state index contributed by atoms with van der Waals surface area (Å²) >= 11 is 0. The van der Waals surface area contributed by atoms with E-state index in [-0.39, 0.29) is 17.6 Å². The molecular weight excluding hydrogens is 248 g/mol. The molecule has 2 rings (SSSR count). The maximum absolute atomic E-state index is 10.5. The highest BCUT2D eigenvalue weighted by atomic mass is 16.5. The molecule has 1 aliphatic carbocycles. The van der Waals surface area contributed by atoms with Crippen molar-refractivity contribution in [3.05, 3.63) is 29.8 Å². The van der Waals surface area contributed by atoms with E-state index in [0.717, 1.165) is 31.4 Å². The fraction of sp³-hybridized carbons (Fsp3) is 0.667. The van der Waals surface area contributed by atoms with Crippen LogP contribution in [0.2, 0.25) is 0 Å². The van der Waals surface area contributed by atoms with Crippen molar-refractivity contribution < 1.29 is 9.84 Å². The van der Waals surface area contributed by atoms with Gasteiger partial charge in [-0.3, -0.25) is 0 Å². The Morgan fingerprint density at radius 2 is 2.05 bits per heavy atom. The summed E-state index contributed by atoms with van der Waals surface area (Å²) in [6.45, 7) is 8.69. The molecule has 0 amide bonds. The average molecular weight is 276 g/mol. The zero-order valence-electron chi connectivity index (χ0n) is 13.2. The molecule has 0 radical (unpaired) electrons. The Bertz CT molecular complexity index is 439. The average Bonchev–Trinajstić information content (AvgIpc) is 2.43. The van der Waals surface area contributed by atoms with Crippen LogP contribution in [0.5, 0.6) is 5.75 Å². The van der Waals surface area contributed by atoms with Gasteiger partial charge in [0.15, 0.2) is 0 Å². The highest BCUT2D eigenvalue weighted by Crippen LogP contribution is 2.38. The molecule has 1 aliphatic rings. The van der Waals surface area contributed by atoms with Crippen LogP contribution in [-0.2, 0) is 0 Å². The molecule has 1 fully saturated rings. The van der Waals surface area contributed by atoms with E-state index in [1.54, 1.807) is 0 Å². The molecule has 0 bridgehead atoms. The van der Waals surface area contributed by atoms with Crippen molar-refractivity contribution in [1.29, 1.82) is 0 Å². The highest BCUT2D eigenvalue weighted by Gasteiger charge is 2.39. The molecular formula is C18H28O2. The van der Waals surface area contributed by atoms with Crippen LogP contribution < -0.4 is 4.74 Å². The van der Waals surface area contributed by atoms with E-state index in [9.17, 15) is 5.11 Å². The zero-order chi connectivity index (χ0) is 14.8. The fourth-order valence-electron chi connectivity index (χ4n) is 3.07. The first-order valence-electron chi connectivity index (χ1n) is 7.89. The summed E-state index contributed by atoms with van der Waals surface area (Å²) in [7, 11) is 0. The summed E-state index contributed by atoms with van der Waals surface area (Å²) in [5, 5.41) is 10.5. The largest absolute Gasteiger partial charge is 0.487 e. The number of benzene rings is 1. The van der Waals surface area contributed by atoms with Crippen LogP contribution >= 0.6 is 0 Å². The van der Waals surface area contributed by atoms with Gasteiger partial charge in [-0.2, -0.15) is 0 Å². The summed E-state index contributed by atoms with van der Waals surface area (Å²) in [4.78, 5) is 0. The monoisotopic (exact) mass is 276 g/mol. The van der Waals surface area contributed by atoms with Crippen LogP contribution in [0.15, 0.2) is 24.3 Å². The number of aliphatic hydroxyl groups excluding tert-OH is 1. The van der Waals surface area contributed by atoms with Crippen molar-refractivity contribution in [2.75, 3.05) is 0 Å². The van der Waals surface area contributed by atoms with Gasteiger partial charge in [-0.25, -0.2) is 0 Å². The van der Waals surface area contributed by atoms with Gasteiger partial charge in [-0.1, -0.05) is 45.9 Å². The highest BCUT2D eigenvalue weighted by molar-refractivity contribution is 5.36. The van der Waals surface area contributed by atoms with E-state index >= 15 is 0 Å². The van der Waals surface area contributed by atoms with Gasteiger partial charge >= 0.3 is 0 Å². The Morgan fingerprint density at radius 3 is 2.75 bits per heavy atom. The first-order valence-corrected chi connectivity index (χ1v) is 7.89. The molecule has 1 N–H and O–H groups in total. The predicted molar refractivity (Wildman–Crippen MR) is 83.2 cm³/mol. The first kappa shape index (κ1) is 15.4. The van der Waals surface area contributed by atoms with Crippen LogP contribution in [0.25, 0.3) is 0 Å². The third kappa shape index (κ3) is 3.17. The van der Waals surface area contributed by atoms with E-state index in [1.807, 2.05) is 12.1 Å². The van der Waals surface area contributed by atoms with Crippen LogP contribution in [0.3, 0.4) is 0 Å². The molecule has 2 nitrogen and oxygen atoms in total. The quantitative estimate of drug-likeness (QED) is 0.876. The van der Waals surface area contributed by atoms with Crippen molar-refractivity contribution in [2.45, 2.75) is 71.5 Å². The molecule has 1 saturated carbocycles. The van der Waals surface area contributed by atoms with Gasteiger partial charge in [-0.05, 0) is 48.6 Å². The Kier molecular flexibility index (Phi) is 4.74. The second kappa shape index (κ2) is 6.17. The van der Waals surface area contributed by atoms with Gasteiger partial charge in [0, 0.05) is 0 Å². The summed E-state index contributed by atoms with van der Waals surface area (Å²) in [5.74, 6) is 1.43. The molecule has 0 heterocycles. The SMILES string of the molecule is CCC(C)c1ccccc1OC1CCCC(C)(C)C1O. The van der Waals surface area contributed by atoms with Crippen LogP contribution in [0.4, 0.5) is 0 Å². The summed E-state index contributed by atoms with van der Waals surface area (Å²) in [6, 6.07) is 8.26. The zero-order valence-corrected chi connectivity index (χ0v) is 13.2. The topological polar surface area (TPSA) is 29.5 Å². The van der Waals surface area contributed by atoms with Gasteiger partial charge in [0.1, 0.15) is 11.9 Å². The van der Waals surface area contributed by atoms with Crippen molar-refractivity contribution in [3.8, 4) is 5.75 Å². The normalized spacial score (nSPS) is 27.1. The first-order chi connectivity index (χ1) is 9.45. The third-order valence-corrected chi connectivity index (χ3v) is 4.80. The molecule has 2 heteroatoms. The molecule has 112 valence electrons. The number of hydrogen-bond donors (Lipinski definition) is 1. The van der Waals surface area contributed by atoms with Crippen molar-refractivity contribution >= 4 is 0 Å². The molecule has 1 aromatic rings. The van der Waals surface area contributed by atoms with E-state index in [4.69, 9.17) is 4.74 Å². The Labute approximate surface area is 123 Å². The van der Waals surface area contributed by atoms with Gasteiger partial charge in [0.05, 0.1) is 6.10 Å².